The van der Waals surface area contributed by atoms with Crippen LogP contribution in [0.25, 0.3) is 11.6 Å². The van der Waals surface area contributed by atoms with Crippen molar-refractivity contribution in [2.75, 3.05) is 19.2 Å². The van der Waals surface area contributed by atoms with E-state index in [-0.39, 0.29) is 6.10 Å². The first-order valence-electron chi connectivity index (χ1n) is 8.23. The van der Waals surface area contributed by atoms with Gasteiger partial charge in [-0.25, -0.2) is 0 Å². The molecule has 4 rings (SSSR count). The average Bonchev–Trinajstić information content (AvgIpc) is 3.32. The molecule has 1 aliphatic heterocycles. The molecule has 0 spiro atoms. The highest BCUT2D eigenvalue weighted by molar-refractivity contribution is 7.99. The lowest BCUT2D eigenvalue weighted by Crippen LogP contribution is -2.25. The monoisotopic (exact) mass is 357 g/mol. The van der Waals surface area contributed by atoms with Crippen LogP contribution in [0.5, 0.6) is 0 Å². The molecule has 3 aromatic rings. The fourth-order valence-corrected chi connectivity index (χ4v) is 3.70. The van der Waals surface area contributed by atoms with E-state index in [0.29, 0.717) is 13.3 Å². The highest BCUT2D eigenvalue weighted by Gasteiger charge is 2.20. The number of hydrogen-bond acceptors (Lipinski definition) is 6. The number of benzene rings is 1. The van der Waals surface area contributed by atoms with Gasteiger partial charge in [-0.15, -0.1) is 10.2 Å². The SMILES string of the molecule is c1ccc(Cn2c(SC[C@@H]3CCOCO3)nnc2-c2ccco2)cc1. The third kappa shape index (κ3) is 3.95. The van der Waals surface area contributed by atoms with E-state index in [4.69, 9.17) is 13.9 Å². The van der Waals surface area contributed by atoms with E-state index in [2.05, 4.69) is 26.9 Å². The van der Waals surface area contributed by atoms with Gasteiger partial charge in [-0.3, -0.25) is 4.57 Å². The van der Waals surface area contributed by atoms with Crippen molar-refractivity contribution >= 4 is 11.8 Å². The Kier molecular flexibility index (Phi) is 5.15. The van der Waals surface area contributed by atoms with Gasteiger partial charge in [-0.2, -0.15) is 0 Å². The van der Waals surface area contributed by atoms with Crippen molar-refractivity contribution in [1.29, 1.82) is 0 Å². The quantitative estimate of drug-likeness (QED) is 0.630. The second kappa shape index (κ2) is 7.86. The largest absolute Gasteiger partial charge is 0.461 e. The first-order chi connectivity index (χ1) is 12.4. The van der Waals surface area contributed by atoms with Crippen LogP contribution in [0.15, 0.2) is 58.3 Å². The van der Waals surface area contributed by atoms with Crippen molar-refractivity contribution in [2.45, 2.75) is 24.2 Å². The van der Waals surface area contributed by atoms with Crippen LogP contribution < -0.4 is 0 Å². The molecule has 1 aliphatic rings. The predicted octanol–water partition coefficient (Wildman–Crippen LogP) is 3.44. The summed E-state index contributed by atoms with van der Waals surface area (Å²) in [6.45, 7) is 1.82. The Bertz CT molecular complexity index is 783. The number of aromatic nitrogens is 3. The van der Waals surface area contributed by atoms with E-state index in [1.807, 2.05) is 30.3 Å². The highest BCUT2D eigenvalue weighted by Crippen LogP contribution is 2.27. The molecule has 0 unspecified atom stereocenters. The van der Waals surface area contributed by atoms with Gasteiger partial charge in [0.1, 0.15) is 6.79 Å². The Morgan fingerprint density at radius 2 is 2.04 bits per heavy atom. The maximum absolute atomic E-state index is 5.62. The van der Waals surface area contributed by atoms with E-state index >= 15 is 0 Å². The van der Waals surface area contributed by atoms with E-state index in [1.165, 1.54) is 5.56 Å². The van der Waals surface area contributed by atoms with E-state index in [9.17, 15) is 0 Å². The average molecular weight is 357 g/mol. The normalized spacial score (nSPS) is 17.7. The predicted molar refractivity (Wildman–Crippen MR) is 94.3 cm³/mol. The van der Waals surface area contributed by atoms with Crippen molar-refractivity contribution in [1.82, 2.24) is 14.8 Å². The van der Waals surface area contributed by atoms with Crippen LogP contribution in [-0.2, 0) is 16.0 Å². The molecule has 1 aromatic carbocycles. The smallest absolute Gasteiger partial charge is 0.200 e. The van der Waals surface area contributed by atoms with Crippen LogP contribution in [-0.4, -0.2) is 40.0 Å². The van der Waals surface area contributed by atoms with Gasteiger partial charge >= 0.3 is 0 Å². The number of furan rings is 1. The summed E-state index contributed by atoms with van der Waals surface area (Å²) < 4.78 is 18.5. The molecule has 0 N–H and O–H groups in total. The van der Waals surface area contributed by atoms with Crippen LogP contribution in [0.4, 0.5) is 0 Å². The molecule has 2 aromatic heterocycles. The molecule has 0 radical (unpaired) electrons. The third-order valence-electron chi connectivity index (χ3n) is 4.01. The maximum atomic E-state index is 5.62. The minimum atomic E-state index is 0.188. The molecule has 1 saturated heterocycles. The van der Waals surface area contributed by atoms with Gasteiger partial charge in [0.05, 0.1) is 25.5 Å². The first kappa shape index (κ1) is 16.4. The Morgan fingerprint density at radius 3 is 2.80 bits per heavy atom. The molecule has 0 aliphatic carbocycles. The number of thioether (sulfide) groups is 1. The second-order valence-electron chi connectivity index (χ2n) is 5.77. The topological polar surface area (TPSA) is 62.3 Å². The second-order valence-corrected chi connectivity index (χ2v) is 6.76. The molecule has 130 valence electrons. The van der Waals surface area contributed by atoms with Crippen molar-refractivity contribution in [3.8, 4) is 11.6 Å². The minimum Gasteiger partial charge on any atom is -0.461 e. The zero-order valence-corrected chi connectivity index (χ0v) is 14.5. The maximum Gasteiger partial charge on any atom is 0.200 e. The fraction of sp³-hybridized carbons (Fsp3) is 0.333. The van der Waals surface area contributed by atoms with Crippen molar-refractivity contribution < 1.29 is 13.9 Å². The standard InChI is InChI=1S/C18H19N3O3S/c1-2-5-14(6-3-1)11-21-17(16-7-4-9-23-16)19-20-18(21)25-12-15-8-10-22-13-24-15/h1-7,9,15H,8,10-13H2/t15-/m0/s1. The van der Waals surface area contributed by atoms with Gasteiger partial charge in [-0.1, -0.05) is 42.1 Å². The first-order valence-corrected chi connectivity index (χ1v) is 9.22. The molecular formula is C18H19N3O3S. The molecule has 0 saturated carbocycles. The minimum absolute atomic E-state index is 0.188. The summed E-state index contributed by atoms with van der Waals surface area (Å²) in [5.41, 5.74) is 1.19. The van der Waals surface area contributed by atoms with Crippen molar-refractivity contribution in [2.24, 2.45) is 0 Å². The zero-order valence-electron chi connectivity index (χ0n) is 13.7. The molecule has 0 bridgehead atoms. The molecule has 0 amide bonds. The van der Waals surface area contributed by atoms with Crippen molar-refractivity contribution in [3.05, 3.63) is 54.3 Å². The Balaban J connectivity index is 1.57. The number of ether oxygens (including phenoxy) is 2. The zero-order chi connectivity index (χ0) is 16.9. The number of nitrogens with zero attached hydrogens (tertiary/aromatic N) is 3. The lowest BCUT2D eigenvalue weighted by molar-refractivity contribution is -0.130. The summed E-state index contributed by atoms with van der Waals surface area (Å²) in [4.78, 5) is 0. The van der Waals surface area contributed by atoms with Crippen LogP contribution in [0, 0.1) is 0 Å². The van der Waals surface area contributed by atoms with Gasteiger partial charge in [-0.05, 0) is 24.1 Å². The Hall–Kier alpha value is -2.09. The van der Waals surface area contributed by atoms with Gasteiger partial charge in [0, 0.05) is 5.75 Å². The van der Waals surface area contributed by atoms with Gasteiger partial charge < -0.3 is 13.9 Å². The lowest BCUT2D eigenvalue weighted by atomic mass is 10.2. The van der Waals surface area contributed by atoms with Crippen LogP contribution in [0.2, 0.25) is 0 Å². The third-order valence-corrected chi connectivity index (χ3v) is 5.11. The molecule has 7 heteroatoms. The Morgan fingerprint density at radius 1 is 1.12 bits per heavy atom. The molecule has 3 heterocycles. The van der Waals surface area contributed by atoms with Crippen molar-refractivity contribution in [3.63, 3.8) is 0 Å². The summed E-state index contributed by atoms with van der Waals surface area (Å²) in [6, 6.07) is 14.1. The highest BCUT2D eigenvalue weighted by atomic mass is 32.2. The molecular weight excluding hydrogens is 338 g/mol. The molecule has 6 nitrogen and oxygen atoms in total. The number of rotatable bonds is 6. The van der Waals surface area contributed by atoms with Crippen LogP contribution in [0.3, 0.4) is 0 Å². The lowest BCUT2D eigenvalue weighted by Gasteiger charge is -2.22. The van der Waals surface area contributed by atoms with Crippen LogP contribution in [0.1, 0.15) is 12.0 Å². The summed E-state index contributed by atoms with van der Waals surface area (Å²) in [5, 5.41) is 9.60. The van der Waals surface area contributed by atoms with Gasteiger partial charge in [0.15, 0.2) is 10.9 Å². The summed E-state index contributed by atoms with van der Waals surface area (Å²) in [6.07, 6.45) is 2.75. The van der Waals surface area contributed by atoms with E-state index in [1.54, 1.807) is 18.0 Å². The molecule has 1 atom stereocenters. The Labute approximate surface area is 150 Å². The number of hydrogen-bond donors (Lipinski definition) is 0. The van der Waals surface area contributed by atoms with Gasteiger partial charge in [0.25, 0.3) is 0 Å². The van der Waals surface area contributed by atoms with E-state index in [0.717, 1.165) is 35.5 Å². The van der Waals surface area contributed by atoms with Crippen LogP contribution >= 0.6 is 11.8 Å². The van der Waals surface area contributed by atoms with E-state index < -0.39 is 0 Å². The fourth-order valence-electron chi connectivity index (χ4n) is 2.69. The molecule has 25 heavy (non-hydrogen) atoms. The summed E-state index contributed by atoms with van der Waals surface area (Å²) in [5.74, 6) is 2.29. The summed E-state index contributed by atoms with van der Waals surface area (Å²) >= 11 is 1.66. The molecule has 1 fully saturated rings. The van der Waals surface area contributed by atoms with Gasteiger partial charge in [0.2, 0.25) is 5.82 Å². The summed E-state index contributed by atoms with van der Waals surface area (Å²) in [7, 11) is 0.